The Labute approximate surface area is 145 Å². The van der Waals surface area contributed by atoms with Crippen molar-refractivity contribution in [3.63, 3.8) is 0 Å². The van der Waals surface area contributed by atoms with Crippen LogP contribution in [0, 0.1) is 11.3 Å². The number of H-pyrrole nitrogens is 1. The average Bonchev–Trinajstić information content (AvgIpc) is 3.05. The van der Waals surface area contributed by atoms with E-state index in [2.05, 4.69) is 17.1 Å². The Kier molecular flexibility index (Phi) is 3.66. The number of aromatic amines is 1. The molecule has 25 heavy (non-hydrogen) atoms. The van der Waals surface area contributed by atoms with Crippen LogP contribution in [0.2, 0.25) is 0 Å². The number of rotatable bonds is 2. The Bertz CT molecular complexity index is 1010. The molecule has 1 amide bonds. The van der Waals surface area contributed by atoms with Crippen molar-refractivity contribution in [1.82, 2.24) is 9.88 Å². The van der Waals surface area contributed by atoms with Gasteiger partial charge in [0.05, 0.1) is 24.3 Å². The summed E-state index contributed by atoms with van der Waals surface area (Å²) >= 11 is 0. The molecular weight excluding hydrogens is 314 g/mol. The predicted molar refractivity (Wildman–Crippen MR) is 94.5 cm³/mol. The van der Waals surface area contributed by atoms with Gasteiger partial charge in [0.2, 0.25) is 0 Å². The zero-order valence-electron chi connectivity index (χ0n) is 13.9. The van der Waals surface area contributed by atoms with Crippen LogP contribution in [0.4, 0.5) is 0 Å². The molecule has 0 radical (unpaired) electrons. The third-order valence-electron chi connectivity index (χ3n) is 4.72. The van der Waals surface area contributed by atoms with Gasteiger partial charge in [0, 0.05) is 41.7 Å². The number of carbonyl (C=O) groups excluding carboxylic acids is 1. The van der Waals surface area contributed by atoms with Crippen LogP contribution in [0.1, 0.15) is 27.2 Å². The van der Waals surface area contributed by atoms with Crippen LogP contribution in [0.3, 0.4) is 0 Å². The first-order valence-corrected chi connectivity index (χ1v) is 8.17. The van der Waals surface area contributed by atoms with E-state index in [1.165, 1.54) is 0 Å². The molecule has 0 spiro atoms. The molecule has 3 aromatic rings. The van der Waals surface area contributed by atoms with Crippen LogP contribution >= 0.6 is 0 Å². The fraction of sp³-hybridized carbons (Fsp3) is 0.200. The van der Waals surface area contributed by atoms with Crippen molar-refractivity contribution >= 4 is 16.8 Å². The van der Waals surface area contributed by atoms with E-state index < -0.39 is 0 Å². The van der Waals surface area contributed by atoms with Crippen molar-refractivity contribution in [3.05, 3.63) is 64.8 Å². The molecule has 0 aliphatic carbocycles. The van der Waals surface area contributed by atoms with E-state index >= 15 is 0 Å². The third-order valence-corrected chi connectivity index (χ3v) is 4.72. The van der Waals surface area contributed by atoms with Gasteiger partial charge in [-0.2, -0.15) is 5.26 Å². The molecule has 5 nitrogen and oxygen atoms in total. The lowest BCUT2D eigenvalue weighted by Crippen LogP contribution is -2.35. The van der Waals surface area contributed by atoms with Crippen molar-refractivity contribution < 1.29 is 9.53 Å². The minimum absolute atomic E-state index is 0.0417. The van der Waals surface area contributed by atoms with Crippen LogP contribution in [-0.2, 0) is 13.0 Å². The summed E-state index contributed by atoms with van der Waals surface area (Å²) in [7, 11) is 1.66. The largest absolute Gasteiger partial charge is 0.495 e. The molecule has 1 aliphatic heterocycles. The van der Waals surface area contributed by atoms with E-state index in [-0.39, 0.29) is 5.91 Å². The van der Waals surface area contributed by atoms with Gasteiger partial charge in [-0.15, -0.1) is 0 Å². The normalized spacial score (nSPS) is 13.4. The molecule has 0 saturated carbocycles. The summed E-state index contributed by atoms with van der Waals surface area (Å²) in [6.45, 7) is 1.20. The summed E-state index contributed by atoms with van der Waals surface area (Å²) in [6.07, 6.45) is 0.775. The van der Waals surface area contributed by atoms with Crippen molar-refractivity contribution in [2.45, 2.75) is 13.0 Å². The molecule has 0 bridgehead atoms. The summed E-state index contributed by atoms with van der Waals surface area (Å²) in [4.78, 5) is 18.1. The molecule has 124 valence electrons. The molecule has 0 unspecified atom stereocenters. The van der Waals surface area contributed by atoms with Gasteiger partial charge in [0.25, 0.3) is 5.91 Å². The number of ether oxygens (including phenoxy) is 1. The Morgan fingerprint density at radius 3 is 2.92 bits per heavy atom. The van der Waals surface area contributed by atoms with Crippen LogP contribution in [0.5, 0.6) is 5.75 Å². The Morgan fingerprint density at radius 1 is 1.28 bits per heavy atom. The third kappa shape index (κ3) is 2.52. The maximum Gasteiger partial charge on any atom is 0.254 e. The summed E-state index contributed by atoms with van der Waals surface area (Å²) in [5, 5.41) is 10.1. The van der Waals surface area contributed by atoms with Crippen LogP contribution < -0.4 is 4.74 Å². The summed E-state index contributed by atoms with van der Waals surface area (Å²) in [5.41, 5.74) is 4.34. The Morgan fingerprint density at radius 2 is 2.12 bits per heavy atom. The van der Waals surface area contributed by atoms with E-state index in [9.17, 15) is 4.79 Å². The highest BCUT2D eigenvalue weighted by molar-refractivity contribution is 5.96. The monoisotopic (exact) mass is 331 g/mol. The average molecular weight is 331 g/mol. The van der Waals surface area contributed by atoms with Gasteiger partial charge >= 0.3 is 0 Å². The van der Waals surface area contributed by atoms with Crippen LogP contribution in [-0.4, -0.2) is 29.4 Å². The van der Waals surface area contributed by atoms with Gasteiger partial charge in [-0.1, -0.05) is 18.2 Å². The molecule has 0 saturated heterocycles. The highest BCUT2D eigenvalue weighted by Crippen LogP contribution is 2.33. The number of methoxy groups -OCH3 is 1. The fourth-order valence-corrected chi connectivity index (χ4v) is 3.46. The number of benzene rings is 2. The van der Waals surface area contributed by atoms with E-state index in [1.807, 2.05) is 17.0 Å². The number of nitrogens with zero attached hydrogens (tertiary/aromatic N) is 2. The molecule has 1 aromatic heterocycles. The first-order valence-electron chi connectivity index (χ1n) is 8.17. The quantitative estimate of drug-likeness (QED) is 0.784. The molecule has 4 rings (SSSR count). The van der Waals surface area contributed by atoms with Crippen molar-refractivity contribution in [1.29, 1.82) is 5.26 Å². The molecular formula is C20H17N3O2. The number of amides is 1. The zero-order valence-corrected chi connectivity index (χ0v) is 13.9. The standard InChI is InChI=1S/C20H17N3O2/c1-25-18-7-3-6-15-16-12-23(9-8-17(16)22-19(15)18)20(24)14-5-2-4-13(10-14)11-21/h2-7,10,22H,8-9,12H2,1H3. The van der Waals surface area contributed by atoms with Crippen LogP contribution in [0.25, 0.3) is 10.9 Å². The van der Waals surface area contributed by atoms with Gasteiger partial charge in [-0.3, -0.25) is 4.79 Å². The van der Waals surface area contributed by atoms with E-state index in [0.29, 0.717) is 24.2 Å². The maximum atomic E-state index is 12.8. The number of hydrogen-bond acceptors (Lipinski definition) is 3. The first-order chi connectivity index (χ1) is 12.2. The van der Waals surface area contributed by atoms with Crippen molar-refractivity contribution in [2.75, 3.05) is 13.7 Å². The number of nitriles is 1. The molecule has 2 aromatic carbocycles. The lowest BCUT2D eigenvalue weighted by molar-refractivity contribution is 0.0735. The maximum absolute atomic E-state index is 12.8. The van der Waals surface area contributed by atoms with Gasteiger partial charge in [-0.05, 0) is 24.3 Å². The topological polar surface area (TPSA) is 69.1 Å². The molecule has 2 heterocycles. The summed E-state index contributed by atoms with van der Waals surface area (Å²) in [6, 6.07) is 14.9. The number of nitrogens with one attached hydrogen (secondary N) is 1. The molecule has 0 atom stereocenters. The van der Waals surface area contributed by atoms with Crippen LogP contribution in [0.15, 0.2) is 42.5 Å². The van der Waals surface area contributed by atoms with Crippen molar-refractivity contribution in [2.24, 2.45) is 0 Å². The number of hydrogen-bond donors (Lipinski definition) is 1. The second-order valence-electron chi connectivity index (χ2n) is 6.13. The smallest absolute Gasteiger partial charge is 0.254 e. The second-order valence-corrected chi connectivity index (χ2v) is 6.13. The lowest BCUT2D eigenvalue weighted by atomic mass is 10.0. The Balaban J connectivity index is 1.69. The minimum Gasteiger partial charge on any atom is -0.495 e. The van der Waals surface area contributed by atoms with Gasteiger partial charge in [0.1, 0.15) is 5.75 Å². The molecule has 1 N–H and O–H groups in total. The number of aromatic nitrogens is 1. The second kappa shape index (κ2) is 5.99. The predicted octanol–water partition coefficient (Wildman–Crippen LogP) is 3.25. The minimum atomic E-state index is -0.0417. The molecule has 5 heteroatoms. The number of para-hydroxylation sites is 1. The molecule has 1 aliphatic rings. The van der Waals surface area contributed by atoms with Gasteiger partial charge in [0.15, 0.2) is 0 Å². The van der Waals surface area contributed by atoms with E-state index in [0.717, 1.165) is 34.3 Å². The van der Waals surface area contributed by atoms with Gasteiger partial charge < -0.3 is 14.6 Å². The fourth-order valence-electron chi connectivity index (χ4n) is 3.46. The summed E-state index contributed by atoms with van der Waals surface area (Å²) < 4.78 is 5.43. The molecule has 0 fully saturated rings. The highest BCUT2D eigenvalue weighted by atomic mass is 16.5. The van der Waals surface area contributed by atoms with Gasteiger partial charge in [-0.25, -0.2) is 0 Å². The summed E-state index contributed by atoms with van der Waals surface area (Å²) in [5.74, 6) is 0.770. The van der Waals surface area contributed by atoms with Crippen molar-refractivity contribution in [3.8, 4) is 11.8 Å². The first kappa shape index (κ1) is 15.3. The number of fused-ring (bicyclic) bond motifs is 3. The SMILES string of the molecule is COc1cccc2c3c([nH]c12)CCN(C(=O)c1cccc(C#N)c1)C3. The van der Waals surface area contributed by atoms with E-state index in [4.69, 9.17) is 10.00 Å². The Hall–Kier alpha value is -3.26. The lowest BCUT2D eigenvalue weighted by Gasteiger charge is -2.27. The van der Waals surface area contributed by atoms with E-state index in [1.54, 1.807) is 31.4 Å². The zero-order chi connectivity index (χ0) is 17.4. The highest BCUT2D eigenvalue weighted by Gasteiger charge is 2.25. The number of carbonyl (C=O) groups is 1.